The van der Waals surface area contributed by atoms with E-state index in [9.17, 15) is 4.79 Å². The standard InChI is InChI=1S/C19H26N4O2S/c1-3-25-18(24)17-10-7-11-21(13-17)14-23-19(26)22(15(2)20-23)12-16-8-5-4-6-9-16/h4-6,8-9,17H,3,7,10-14H2,1-2H3/t17-/m1/s1. The first-order chi connectivity index (χ1) is 12.6. The van der Waals surface area contributed by atoms with Crippen LogP contribution in [0.25, 0.3) is 0 Å². The van der Waals surface area contributed by atoms with Crippen LogP contribution in [-0.4, -0.2) is 44.9 Å². The molecule has 1 saturated heterocycles. The minimum atomic E-state index is -0.0911. The summed E-state index contributed by atoms with van der Waals surface area (Å²) >= 11 is 5.65. The van der Waals surface area contributed by atoms with Crippen molar-refractivity contribution < 1.29 is 9.53 Å². The summed E-state index contributed by atoms with van der Waals surface area (Å²) in [6, 6.07) is 10.2. The van der Waals surface area contributed by atoms with Gasteiger partial charge in [-0.05, 0) is 51.0 Å². The van der Waals surface area contributed by atoms with Gasteiger partial charge in [0, 0.05) is 6.54 Å². The number of aromatic nitrogens is 3. The molecule has 0 bridgehead atoms. The lowest BCUT2D eigenvalue weighted by molar-refractivity contribution is -0.150. The molecule has 1 aromatic heterocycles. The summed E-state index contributed by atoms with van der Waals surface area (Å²) in [5, 5.41) is 4.62. The molecule has 6 nitrogen and oxygen atoms in total. The quantitative estimate of drug-likeness (QED) is 0.575. The highest BCUT2D eigenvalue weighted by atomic mass is 32.1. The molecule has 26 heavy (non-hydrogen) atoms. The molecule has 0 radical (unpaired) electrons. The molecule has 0 aliphatic carbocycles. The summed E-state index contributed by atoms with van der Waals surface area (Å²) < 4.78 is 9.81. The summed E-state index contributed by atoms with van der Waals surface area (Å²) in [5.41, 5.74) is 1.20. The van der Waals surface area contributed by atoms with Crippen molar-refractivity contribution in [2.24, 2.45) is 5.92 Å². The number of esters is 1. The minimum absolute atomic E-state index is 0.0506. The summed E-state index contributed by atoms with van der Waals surface area (Å²) in [7, 11) is 0. The number of rotatable bonds is 6. The van der Waals surface area contributed by atoms with Crippen molar-refractivity contribution in [3.8, 4) is 0 Å². The number of aryl methyl sites for hydroxylation is 1. The van der Waals surface area contributed by atoms with E-state index in [1.54, 1.807) is 0 Å². The zero-order valence-electron chi connectivity index (χ0n) is 15.4. The van der Waals surface area contributed by atoms with Crippen molar-refractivity contribution in [1.29, 1.82) is 0 Å². The number of carbonyl (C=O) groups excluding carboxylic acids is 1. The molecule has 1 aliphatic heterocycles. The zero-order chi connectivity index (χ0) is 18.5. The van der Waals surface area contributed by atoms with Gasteiger partial charge in [0.25, 0.3) is 0 Å². The molecule has 1 fully saturated rings. The molecule has 0 N–H and O–H groups in total. The fourth-order valence-corrected chi connectivity index (χ4v) is 3.71. The van der Waals surface area contributed by atoms with Crippen molar-refractivity contribution in [2.75, 3.05) is 19.7 Å². The van der Waals surface area contributed by atoms with Gasteiger partial charge < -0.3 is 4.74 Å². The average molecular weight is 375 g/mol. The lowest BCUT2D eigenvalue weighted by Crippen LogP contribution is -2.40. The first-order valence-electron chi connectivity index (χ1n) is 9.15. The van der Waals surface area contributed by atoms with Crippen LogP contribution in [0.5, 0.6) is 0 Å². The first kappa shape index (κ1) is 18.8. The molecular formula is C19H26N4O2S. The fraction of sp³-hybridized carbons (Fsp3) is 0.526. The number of benzene rings is 1. The van der Waals surface area contributed by atoms with Crippen LogP contribution in [0.3, 0.4) is 0 Å². The van der Waals surface area contributed by atoms with Gasteiger partial charge in [-0.15, -0.1) is 0 Å². The number of hydrogen-bond donors (Lipinski definition) is 0. The lowest BCUT2D eigenvalue weighted by Gasteiger charge is -2.31. The molecule has 2 aromatic rings. The Morgan fingerprint density at radius 1 is 1.35 bits per heavy atom. The van der Waals surface area contributed by atoms with E-state index >= 15 is 0 Å². The van der Waals surface area contributed by atoms with Crippen molar-refractivity contribution in [3.63, 3.8) is 0 Å². The normalized spacial score (nSPS) is 18.0. The predicted molar refractivity (Wildman–Crippen MR) is 102 cm³/mol. The molecule has 1 aromatic carbocycles. The smallest absolute Gasteiger partial charge is 0.310 e. The Kier molecular flexibility index (Phi) is 6.21. The molecule has 0 unspecified atom stereocenters. The molecule has 0 saturated carbocycles. The SMILES string of the molecule is CCOC(=O)[C@@H]1CCCN(Cn2nc(C)n(Cc3ccccc3)c2=S)C1. The topological polar surface area (TPSA) is 52.3 Å². The maximum absolute atomic E-state index is 12.0. The van der Waals surface area contributed by atoms with Crippen molar-refractivity contribution in [2.45, 2.75) is 39.9 Å². The molecule has 1 atom stereocenters. The molecule has 140 valence electrons. The van der Waals surface area contributed by atoms with Gasteiger partial charge in [-0.25, -0.2) is 4.68 Å². The van der Waals surface area contributed by atoms with Gasteiger partial charge >= 0.3 is 5.97 Å². The van der Waals surface area contributed by atoms with Gasteiger partial charge in [0.2, 0.25) is 0 Å². The van der Waals surface area contributed by atoms with Gasteiger partial charge in [0.1, 0.15) is 5.82 Å². The van der Waals surface area contributed by atoms with Crippen LogP contribution >= 0.6 is 12.2 Å². The van der Waals surface area contributed by atoms with E-state index in [0.29, 0.717) is 24.6 Å². The molecular weight excluding hydrogens is 348 g/mol. The Balaban J connectivity index is 1.69. The van der Waals surface area contributed by atoms with Gasteiger partial charge in [0.05, 0.1) is 25.7 Å². The summed E-state index contributed by atoms with van der Waals surface area (Å²) in [6.07, 6.45) is 1.88. The molecule has 3 rings (SSSR count). The van der Waals surface area contributed by atoms with E-state index in [2.05, 4.69) is 26.7 Å². The predicted octanol–water partition coefficient (Wildman–Crippen LogP) is 3.00. The maximum atomic E-state index is 12.0. The fourth-order valence-electron chi connectivity index (χ4n) is 3.42. The minimum Gasteiger partial charge on any atom is -0.466 e. The van der Waals surface area contributed by atoms with Crippen LogP contribution in [0.2, 0.25) is 0 Å². The van der Waals surface area contributed by atoms with E-state index in [4.69, 9.17) is 17.0 Å². The molecule has 1 aliphatic rings. The van der Waals surface area contributed by atoms with E-state index in [0.717, 1.165) is 31.8 Å². The molecule has 0 spiro atoms. The highest BCUT2D eigenvalue weighted by Gasteiger charge is 2.27. The molecule has 7 heteroatoms. The molecule has 0 amide bonds. The third-order valence-electron chi connectivity index (χ3n) is 4.75. The highest BCUT2D eigenvalue weighted by molar-refractivity contribution is 7.71. The zero-order valence-corrected chi connectivity index (χ0v) is 16.2. The maximum Gasteiger partial charge on any atom is 0.310 e. The van der Waals surface area contributed by atoms with Crippen LogP contribution in [0, 0.1) is 17.6 Å². The van der Waals surface area contributed by atoms with Gasteiger partial charge in [-0.3, -0.25) is 14.3 Å². The Labute approximate surface area is 159 Å². The monoisotopic (exact) mass is 374 g/mol. The second-order valence-electron chi connectivity index (χ2n) is 6.71. The van der Waals surface area contributed by atoms with E-state index in [1.807, 2.05) is 36.7 Å². The van der Waals surface area contributed by atoms with Gasteiger partial charge in [-0.1, -0.05) is 30.3 Å². The molecule has 2 heterocycles. The summed E-state index contributed by atoms with van der Waals surface area (Å²) in [5.74, 6) is 0.759. The number of hydrogen-bond acceptors (Lipinski definition) is 5. The van der Waals surface area contributed by atoms with Crippen molar-refractivity contribution in [1.82, 2.24) is 19.2 Å². The lowest BCUT2D eigenvalue weighted by atomic mass is 9.99. The van der Waals surface area contributed by atoms with E-state index in [1.165, 1.54) is 5.56 Å². The first-order valence-corrected chi connectivity index (χ1v) is 9.56. The Bertz CT molecular complexity index is 800. The number of ether oxygens (including phenoxy) is 1. The van der Waals surface area contributed by atoms with Crippen molar-refractivity contribution >= 4 is 18.2 Å². The van der Waals surface area contributed by atoms with E-state index in [-0.39, 0.29) is 11.9 Å². The number of nitrogens with zero attached hydrogens (tertiary/aromatic N) is 4. The Hall–Kier alpha value is -1.99. The van der Waals surface area contributed by atoms with Crippen LogP contribution < -0.4 is 0 Å². The van der Waals surface area contributed by atoms with Gasteiger partial charge in [-0.2, -0.15) is 5.10 Å². The number of carbonyl (C=O) groups is 1. The third-order valence-corrected chi connectivity index (χ3v) is 5.18. The second-order valence-corrected chi connectivity index (χ2v) is 7.08. The van der Waals surface area contributed by atoms with Crippen LogP contribution in [-0.2, 0) is 22.7 Å². The largest absolute Gasteiger partial charge is 0.466 e. The summed E-state index contributed by atoms with van der Waals surface area (Å²) in [6.45, 7) is 7.23. The Morgan fingerprint density at radius 2 is 2.12 bits per heavy atom. The van der Waals surface area contributed by atoms with Gasteiger partial charge in [0.15, 0.2) is 4.77 Å². The van der Waals surface area contributed by atoms with Crippen LogP contribution in [0.15, 0.2) is 30.3 Å². The van der Waals surface area contributed by atoms with Crippen molar-refractivity contribution in [3.05, 3.63) is 46.5 Å². The third kappa shape index (κ3) is 4.40. The number of piperidine rings is 1. The number of likely N-dealkylation sites (tertiary alicyclic amines) is 1. The second kappa shape index (κ2) is 8.60. The van der Waals surface area contributed by atoms with Crippen LogP contribution in [0.4, 0.5) is 0 Å². The summed E-state index contributed by atoms with van der Waals surface area (Å²) in [4.78, 5) is 14.3. The Morgan fingerprint density at radius 3 is 2.85 bits per heavy atom. The average Bonchev–Trinajstić information content (AvgIpc) is 2.90. The highest BCUT2D eigenvalue weighted by Crippen LogP contribution is 2.19. The van der Waals surface area contributed by atoms with E-state index < -0.39 is 0 Å². The van der Waals surface area contributed by atoms with Crippen LogP contribution in [0.1, 0.15) is 31.2 Å².